The number of carboxylic acids is 1. The lowest BCUT2D eigenvalue weighted by molar-refractivity contribution is -0.137. The van der Waals surface area contributed by atoms with E-state index in [2.05, 4.69) is 4.98 Å². The highest BCUT2D eigenvalue weighted by Gasteiger charge is 2.32. The molecule has 6 nitrogen and oxygen atoms in total. The summed E-state index contributed by atoms with van der Waals surface area (Å²) in [6, 6.07) is 1.50. The maximum Gasteiger partial charge on any atom is 0.304 e. The lowest BCUT2D eigenvalue weighted by Gasteiger charge is -2.25. The Morgan fingerprint density at radius 3 is 2.68 bits per heavy atom. The Kier molecular flexibility index (Phi) is 4.96. The molecule has 1 aromatic heterocycles. The first-order valence-electron chi connectivity index (χ1n) is 5.64. The maximum atomic E-state index is 13.5. The molecule has 0 fully saturated rings. The molecule has 0 amide bonds. The fourth-order valence-corrected chi connectivity index (χ4v) is 3.36. The Labute approximate surface area is 110 Å². The van der Waals surface area contributed by atoms with Crippen molar-refractivity contribution in [2.75, 3.05) is 6.54 Å². The van der Waals surface area contributed by atoms with Crippen LogP contribution >= 0.6 is 0 Å². The van der Waals surface area contributed by atoms with E-state index in [1.165, 1.54) is 19.2 Å². The Morgan fingerprint density at radius 2 is 2.21 bits per heavy atom. The van der Waals surface area contributed by atoms with E-state index >= 15 is 0 Å². The summed E-state index contributed by atoms with van der Waals surface area (Å²) >= 11 is 0. The Balaban J connectivity index is 3.16. The van der Waals surface area contributed by atoms with E-state index in [9.17, 15) is 17.6 Å². The summed E-state index contributed by atoms with van der Waals surface area (Å²) in [5, 5.41) is 8.02. The summed E-state index contributed by atoms with van der Waals surface area (Å²) in [5.74, 6) is -2.08. The average Bonchev–Trinajstić information content (AvgIpc) is 2.28. The first-order valence-corrected chi connectivity index (χ1v) is 7.08. The highest BCUT2D eigenvalue weighted by Crippen LogP contribution is 2.19. The minimum absolute atomic E-state index is 0.0345. The number of carbonyl (C=O) groups is 1. The van der Waals surface area contributed by atoms with Gasteiger partial charge in [0.2, 0.25) is 5.03 Å². The van der Waals surface area contributed by atoms with Gasteiger partial charge in [0.05, 0.1) is 6.42 Å². The van der Waals surface area contributed by atoms with Crippen LogP contribution in [0.4, 0.5) is 4.39 Å². The van der Waals surface area contributed by atoms with E-state index in [0.717, 1.165) is 10.4 Å². The molecule has 0 saturated carbocycles. The van der Waals surface area contributed by atoms with E-state index in [0.29, 0.717) is 0 Å². The number of halogens is 1. The van der Waals surface area contributed by atoms with Crippen molar-refractivity contribution in [3.8, 4) is 0 Å². The second-order valence-corrected chi connectivity index (χ2v) is 5.75. The summed E-state index contributed by atoms with van der Waals surface area (Å²) in [5.41, 5.74) is 0. The number of pyridine rings is 1. The summed E-state index contributed by atoms with van der Waals surface area (Å²) in [6.45, 7) is 3.04. The van der Waals surface area contributed by atoms with Crippen molar-refractivity contribution < 1.29 is 22.7 Å². The molecular weight excluding hydrogens is 275 g/mol. The molecule has 0 aliphatic rings. The van der Waals surface area contributed by atoms with Crippen LogP contribution < -0.4 is 0 Å². The van der Waals surface area contributed by atoms with Gasteiger partial charge in [-0.15, -0.1) is 0 Å². The van der Waals surface area contributed by atoms with Gasteiger partial charge in [-0.1, -0.05) is 6.92 Å². The molecule has 0 aromatic carbocycles. The molecule has 0 aliphatic heterocycles. The summed E-state index contributed by atoms with van der Waals surface area (Å²) < 4.78 is 38.9. The predicted molar refractivity (Wildman–Crippen MR) is 65.5 cm³/mol. The van der Waals surface area contributed by atoms with Crippen LogP contribution in [0.3, 0.4) is 0 Å². The van der Waals surface area contributed by atoms with Gasteiger partial charge in [0.1, 0.15) is 0 Å². The van der Waals surface area contributed by atoms with Crippen LogP contribution in [0.1, 0.15) is 20.3 Å². The fourth-order valence-electron chi connectivity index (χ4n) is 1.75. The van der Waals surface area contributed by atoms with Crippen molar-refractivity contribution in [1.82, 2.24) is 9.29 Å². The molecular formula is C11H15FN2O4S. The van der Waals surface area contributed by atoms with Crippen molar-refractivity contribution in [3.63, 3.8) is 0 Å². The summed E-state index contributed by atoms with van der Waals surface area (Å²) in [4.78, 5) is 14.2. The topological polar surface area (TPSA) is 87.6 Å². The van der Waals surface area contributed by atoms with Gasteiger partial charge in [0.25, 0.3) is 10.0 Å². The summed E-state index contributed by atoms with van der Waals surface area (Å²) in [7, 11) is -4.14. The number of rotatable bonds is 6. The molecule has 0 spiro atoms. The molecule has 1 rings (SSSR count). The number of hydrogen-bond donors (Lipinski definition) is 1. The Hall–Kier alpha value is -1.54. The zero-order chi connectivity index (χ0) is 14.6. The van der Waals surface area contributed by atoms with Crippen molar-refractivity contribution in [2.45, 2.75) is 31.3 Å². The zero-order valence-electron chi connectivity index (χ0n) is 10.6. The molecule has 1 aromatic rings. The number of aromatic nitrogens is 1. The zero-order valence-corrected chi connectivity index (χ0v) is 11.4. The van der Waals surface area contributed by atoms with Crippen molar-refractivity contribution in [1.29, 1.82) is 0 Å². The quantitative estimate of drug-likeness (QED) is 0.847. The van der Waals surface area contributed by atoms with Gasteiger partial charge in [-0.3, -0.25) is 4.79 Å². The van der Waals surface area contributed by atoms with Gasteiger partial charge >= 0.3 is 5.97 Å². The van der Waals surface area contributed by atoms with Gasteiger partial charge in [-0.25, -0.2) is 17.8 Å². The fraction of sp³-hybridized carbons (Fsp3) is 0.455. The van der Waals surface area contributed by atoms with Crippen molar-refractivity contribution in [3.05, 3.63) is 24.1 Å². The predicted octanol–water partition coefficient (Wildman–Crippen LogP) is 1.09. The minimum atomic E-state index is -4.14. The van der Waals surface area contributed by atoms with Gasteiger partial charge < -0.3 is 5.11 Å². The SMILES string of the molecule is CCN(C(C)CC(=O)O)S(=O)(=O)c1ncccc1F. The number of hydrogen-bond acceptors (Lipinski definition) is 4. The van der Waals surface area contributed by atoms with Gasteiger partial charge in [-0.05, 0) is 19.1 Å². The maximum absolute atomic E-state index is 13.5. The number of carboxylic acid groups (broad SMARTS) is 1. The third-order valence-electron chi connectivity index (χ3n) is 2.55. The smallest absolute Gasteiger partial charge is 0.304 e. The van der Waals surface area contributed by atoms with E-state index in [1.54, 1.807) is 6.92 Å². The van der Waals surface area contributed by atoms with Crippen LogP contribution in [0.5, 0.6) is 0 Å². The molecule has 0 saturated heterocycles. The second kappa shape index (κ2) is 6.07. The molecule has 0 radical (unpaired) electrons. The Bertz CT molecular complexity index is 562. The number of aliphatic carboxylic acids is 1. The van der Waals surface area contributed by atoms with E-state index in [1.807, 2.05) is 0 Å². The standard InChI is InChI=1S/C11H15FN2O4S/c1-3-14(8(2)7-10(15)16)19(17,18)11-9(12)5-4-6-13-11/h4-6,8H,3,7H2,1-2H3,(H,15,16). The minimum Gasteiger partial charge on any atom is -0.481 e. The normalized spacial score (nSPS) is 13.5. The lowest BCUT2D eigenvalue weighted by atomic mass is 10.2. The van der Waals surface area contributed by atoms with Gasteiger partial charge in [0.15, 0.2) is 5.82 Å². The van der Waals surface area contributed by atoms with Crippen LogP contribution in [0.15, 0.2) is 23.4 Å². The van der Waals surface area contributed by atoms with Crippen LogP contribution in [0, 0.1) is 5.82 Å². The van der Waals surface area contributed by atoms with Crippen molar-refractivity contribution in [2.24, 2.45) is 0 Å². The molecule has 1 unspecified atom stereocenters. The monoisotopic (exact) mass is 290 g/mol. The highest BCUT2D eigenvalue weighted by atomic mass is 32.2. The highest BCUT2D eigenvalue weighted by molar-refractivity contribution is 7.89. The molecule has 1 heterocycles. The molecule has 0 bridgehead atoms. The van der Waals surface area contributed by atoms with Gasteiger partial charge in [0, 0.05) is 18.8 Å². The van der Waals surface area contributed by atoms with E-state index in [-0.39, 0.29) is 13.0 Å². The third-order valence-corrected chi connectivity index (χ3v) is 4.58. The summed E-state index contributed by atoms with van der Waals surface area (Å²) in [6.07, 6.45) is 0.813. The second-order valence-electron chi connectivity index (χ2n) is 3.95. The largest absolute Gasteiger partial charge is 0.481 e. The van der Waals surface area contributed by atoms with Gasteiger partial charge in [-0.2, -0.15) is 4.31 Å². The molecule has 106 valence electrons. The number of sulfonamides is 1. The molecule has 19 heavy (non-hydrogen) atoms. The third kappa shape index (κ3) is 3.48. The first-order chi connectivity index (χ1) is 8.80. The van der Waals surface area contributed by atoms with Crippen LogP contribution in [-0.2, 0) is 14.8 Å². The van der Waals surface area contributed by atoms with Crippen molar-refractivity contribution >= 4 is 16.0 Å². The molecule has 1 atom stereocenters. The molecule has 1 N–H and O–H groups in total. The molecule has 0 aliphatic carbocycles. The number of nitrogens with zero attached hydrogens (tertiary/aromatic N) is 2. The Morgan fingerprint density at radius 1 is 1.58 bits per heavy atom. The van der Waals surface area contributed by atoms with E-state index < -0.39 is 32.9 Å². The molecule has 8 heteroatoms. The average molecular weight is 290 g/mol. The van der Waals surface area contributed by atoms with Crippen LogP contribution in [0.25, 0.3) is 0 Å². The van der Waals surface area contributed by atoms with E-state index in [4.69, 9.17) is 5.11 Å². The van der Waals surface area contributed by atoms with Crippen LogP contribution in [-0.4, -0.2) is 41.4 Å². The first kappa shape index (κ1) is 15.5. The lowest BCUT2D eigenvalue weighted by Crippen LogP contribution is -2.40. The van der Waals surface area contributed by atoms with Crippen LogP contribution in [0.2, 0.25) is 0 Å².